The van der Waals surface area contributed by atoms with Gasteiger partial charge in [-0.05, 0) is 43.7 Å². The van der Waals surface area contributed by atoms with Crippen molar-refractivity contribution in [1.82, 2.24) is 9.88 Å². The van der Waals surface area contributed by atoms with Crippen LogP contribution < -0.4 is 4.90 Å². The number of nitrogens with zero attached hydrogens (tertiary/aromatic N) is 3. The molecule has 1 N–H and O–H groups in total. The molecule has 0 aliphatic carbocycles. The lowest BCUT2D eigenvalue weighted by Gasteiger charge is -2.39. The van der Waals surface area contributed by atoms with Gasteiger partial charge in [-0.3, -0.25) is 9.59 Å². The van der Waals surface area contributed by atoms with Crippen molar-refractivity contribution in [2.45, 2.75) is 39.2 Å². The zero-order chi connectivity index (χ0) is 18.2. The molecule has 25 heavy (non-hydrogen) atoms. The van der Waals surface area contributed by atoms with Crippen LogP contribution in [0.1, 0.15) is 43.5 Å². The van der Waals surface area contributed by atoms with Gasteiger partial charge >= 0.3 is 5.97 Å². The number of hydrogen-bond donors (Lipinski definition) is 1. The Labute approximate surface area is 146 Å². The van der Waals surface area contributed by atoms with E-state index in [-0.39, 0.29) is 17.1 Å². The first-order chi connectivity index (χ1) is 11.8. The van der Waals surface area contributed by atoms with Crippen LogP contribution in [0, 0.1) is 5.41 Å². The standard InChI is InChI=1S/C18H23N3O4/c1-12(22)14-3-4-16(19-10-14)20-7-5-18(6-8-20)9-15(17(24)25)21(11-18)13(2)23/h3-4,10,15H,5-9,11H2,1-2H3,(H,24,25)/t15-/m1/s1. The zero-order valence-electron chi connectivity index (χ0n) is 14.6. The fraction of sp³-hybridized carbons (Fsp3) is 0.556. The molecule has 134 valence electrons. The van der Waals surface area contributed by atoms with E-state index in [0.29, 0.717) is 18.5 Å². The number of anilines is 1. The molecular weight excluding hydrogens is 322 g/mol. The predicted octanol–water partition coefficient (Wildman–Crippen LogP) is 1.58. The Morgan fingerprint density at radius 2 is 1.88 bits per heavy atom. The number of likely N-dealkylation sites (tertiary alicyclic amines) is 1. The molecule has 0 unspecified atom stereocenters. The highest BCUT2D eigenvalue weighted by Gasteiger charge is 2.49. The lowest BCUT2D eigenvalue weighted by atomic mass is 9.76. The van der Waals surface area contributed by atoms with E-state index in [1.165, 1.54) is 18.7 Å². The second kappa shape index (κ2) is 6.46. The molecule has 2 saturated heterocycles. The van der Waals surface area contributed by atoms with Crippen LogP contribution in [0.4, 0.5) is 5.82 Å². The summed E-state index contributed by atoms with van der Waals surface area (Å²) < 4.78 is 0. The SMILES string of the molecule is CC(=O)c1ccc(N2CCC3(CC2)C[C@H](C(=O)O)N(C(C)=O)C3)nc1. The molecule has 0 radical (unpaired) electrons. The van der Waals surface area contributed by atoms with E-state index in [4.69, 9.17) is 0 Å². The average molecular weight is 345 g/mol. The van der Waals surface area contributed by atoms with Gasteiger partial charge in [0.15, 0.2) is 5.78 Å². The second-order valence-electron chi connectivity index (χ2n) is 7.15. The topological polar surface area (TPSA) is 90.8 Å². The molecule has 0 saturated carbocycles. The van der Waals surface area contributed by atoms with Crippen molar-refractivity contribution in [3.8, 4) is 0 Å². The van der Waals surface area contributed by atoms with Crippen molar-refractivity contribution in [3.05, 3.63) is 23.9 Å². The van der Waals surface area contributed by atoms with E-state index < -0.39 is 12.0 Å². The van der Waals surface area contributed by atoms with Crippen LogP contribution in [0.3, 0.4) is 0 Å². The normalized spacial score (nSPS) is 22.2. The number of aromatic nitrogens is 1. The number of carbonyl (C=O) groups excluding carboxylic acids is 2. The minimum Gasteiger partial charge on any atom is -0.480 e. The van der Waals surface area contributed by atoms with Gasteiger partial charge in [-0.15, -0.1) is 0 Å². The molecule has 1 atom stereocenters. The van der Waals surface area contributed by atoms with Gasteiger partial charge in [-0.25, -0.2) is 9.78 Å². The van der Waals surface area contributed by atoms with Gasteiger partial charge in [0, 0.05) is 38.3 Å². The predicted molar refractivity (Wildman–Crippen MR) is 91.5 cm³/mol. The van der Waals surface area contributed by atoms with Crippen molar-refractivity contribution in [1.29, 1.82) is 0 Å². The number of pyridine rings is 1. The number of carbonyl (C=O) groups is 3. The van der Waals surface area contributed by atoms with Crippen LogP contribution in [0.15, 0.2) is 18.3 Å². The van der Waals surface area contributed by atoms with E-state index in [9.17, 15) is 19.5 Å². The van der Waals surface area contributed by atoms with Crippen LogP contribution in [-0.2, 0) is 9.59 Å². The Hall–Kier alpha value is -2.44. The smallest absolute Gasteiger partial charge is 0.326 e. The third-order valence-corrected chi connectivity index (χ3v) is 5.50. The second-order valence-corrected chi connectivity index (χ2v) is 7.15. The highest BCUT2D eigenvalue weighted by atomic mass is 16.4. The number of aliphatic carboxylic acids is 1. The van der Waals surface area contributed by atoms with Crippen LogP contribution in [0.5, 0.6) is 0 Å². The van der Waals surface area contributed by atoms with Crippen LogP contribution >= 0.6 is 0 Å². The minimum atomic E-state index is -0.920. The van der Waals surface area contributed by atoms with Crippen LogP contribution in [-0.4, -0.2) is 58.3 Å². The first-order valence-corrected chi connectivity index (χ1v) is 8.53. The van der Waals surface area contributed by atoms with Gasteiger partial charge in [-0.2, -0.15) is 0 Å². The molecule has 0 aromatic carbocycles. The molecule has 3 heterocycles. The first-order valence-electron chi connectivity index (χ1n) is 8.53. The fourth-order valence-electron chi connectivity index (χ4n) is 3.96. The minimum absolute atomic E-state index is 0.00774. The summed E-state index contributed by atoms with van der Waals surface area (Å²) in [7, 11) is 0. The van der Waals surface area contributed by atoms with E-state index in [0.717, 1.165) is 31.7 Å². The maximum Gasteiger partial charge on any atom is 0.326 e. The number of ketones is 1. The maximum absolute atomic E-state index is 11.8. The highest BCUT2D eigenvalue weighted by Crippen LogP contribution is 2.44. The maximum atomic E-state index is 11.8. The number of carboxylic acids is 1. The molecule has 1 amide bonds. The summed E-state index contributed by atoms with van der Waals surface area (Å²) >= 11 is 0. The monoisotopic (exact) mass is 345 g/mol. The molecule has 2 aliphatic rings. The summed E-state index contributed by atoms with van der Waals surface area (Å²) in [6.07, 6.45) is 3.77. The third kappa shape index (κ3) is 3.36. The molecule has 3 rings (SSSR count). The van der Waals surface area contributed by atoms with Gasteiger partial charge < -0.3 is 14.9 Å². The molecule has 1 aromatic rings. The molecule has 7 nitrogen and oxygen atoms in total. The van der Waals surface area contributed by atoms with Crippen molar-refractivity contribution < 1.29 is 19.5 Å². The summed E-state index contributed by atoms with van der Waals surface area (Å²) in [5, 5.41) is 9.41. The molecule has 2 fully saturated rings. The summed E-state index contributed by atoms with van der Waals surface area (Å²) in [5.74, 6) is -0.271. The Bertz CT molecular complexity index is 669. The number of rotatable bonds is 3. The van der Waals surface area contributed by atoms with Crippen molar-refractivity contribution in [3.63, 3.8) is 0 Å². The van der Waals surface area contributed by atoms with E-state index in [1.54, 1.807) is 12.3 Å². The van der Waals surface area contributed by atoms with Gasteiger partial charge in [0.05, 0.1) is 0 Å². The first kappa shape index (κ1) is 17.4. The quantitative estimate of drug-likeness (QED) is 0.837. The van der Waals surface area contributed by atoms with Gasteiger partial charge in [0.25, 0.3) is 0 Å². The van der Waals surface area contributed by atoms with Crippen LogP contribution in [0.25, 0.3) is 0 Å². The molecule has 0 bridgehead atoms. The van der Waals surface area contributed by atoms with Gasteiger partial charge in [-0.1, -0.05) is 0 Å². The summed E-state index contributed by atoms with van der Waals surface area (Å²) in [6.45, 7) is 5.00. The molecular formula is C18H23N3O4. The average Bonchev–Trinajstić information content (AvgIpc) is 2.96. The summed E-state index contributed by atoms with van der Waals surface area (Å²) in [5.41, 5.74) is 0.472. The lowest BCUT2D eigenvalue weighted by molar-refractivity contribution is -0.147. The third-order valence-electron chi connectivity index (χ3n) is 5.50. The van der Waals surface area contributed by atoms with Gasteiger partial charge in [0.1, 0.15) is 11.9 Å². The molecule has 1 aromatic heterocycles. The number of piperidine rings is 1. The van der Waals surface area contributed by atoms with Crippen molar-refractivity contribution in [2.24, 2.45) is 5.41 Å². The Balaban J connectivity index is 1.68. The largest absolute Gasteiger partial charge is 0.480 e. The fourth-order valence-corrected chi connectivity index (χ4v) is 3.96. The molecule has 7 heteroatoms. The van der Waals surface area contributed by atoms with E-state index in [2.05, 4.69) is 9.88 Å². The van der Waals surface area contributed by atoms with Crippen molar-refractivity contribution >= 4 is 23.5 Å². The summed E-state index contributed by atoms with van der Waals surface area (Å²) in [4.78, 5) is 42.6. The summed E-state index contributed by atoms with van der Waals surface area (Å²) in [6, 6.07) is 2.92. The van der Waals surface area contributed by atoms with Gasteiger partial charge in [0.2, 0.25) is 5.91 Å². The van der Waals surface area contributed by atoms with Crippen LogP contribution in [0.2, 0.25) is 0 Å². The number of Topliss-reactive ketones (excluding diaryl/α,β-unsaturated/α-hetero) is 1. The van der Waals surface area contributed by atoms with E-state index >= 15 is 0 Å². The number of amides is 1. The Morgan fingerprint density at radius 3 is 2.32 bits per heavy atom. The highest BCUT2D eigenvalue weighted by molar-refractivity contribution is 5.93. The number of hydrogen-bond acceptors (Lipinski definition) is 5. The van der Waals surface area contributed by atoms with Crippen molar-refractivity contribution in [2.75, 3.05) is 24.5 Å². The molecule has 1 spiro atoms. The molecule has 2 aliphatic heterocycles. The lowest BCUT2D eigenvalue weighted by Crippen LogP contribution is -2.42. The zero-order valence-corrected chi connectivity index (χ0v) is 14.6. The Morgan fingerprint density at radius 1 is 1.20 bits per heavy atom. The Kier molecular flexibility index (Phi) is 4.49. The number of carboxylic acid groups (broad SMARTS) is 1. The van der Waals surface area contributed by atoms with E-state index in [1.807, 2.05) is 6.07 Å².